The number of nitrogens with one attached hydrogen (secondary N) is 2. The molecule has 0 unspecified atom stereocenters. The van der Waals surface area contributed by atoms with Crippen LogP contribution in [0.25, 0.3) is 0 Å². The lowest BCUT2D eigenvalue weighted by Crippen LogP contribution is -2.35. The normalized spacial score (nSPS) is 15.1. The Bertz CT molecular complexity index is 612. The molecule has 1 amide bonds. The van der Waals surface area contributed by atoms with Gasteiger partial charge in [0.15, 0.2) is 0 Å². The van der Waals surface area contributed by atoms with Crippen molar-refractivity contribution in [3.05, 3.63) is 28.8 Å². The van der Waals surface area contributed by atoms with E-state index in [9.17, 15) is 13.2 Å². The molecule has 0 aliphatic heterocycles. The molecular formula is C13H17ClN2O3S. The molecule has 1 fully saturated rings. The Hall–Kier alpha value is -1.11. The van der Waals surface area contributed by atoms with Crippen LogP contribution in [0.5, 0.6) is 0 Å². The van der Waals surface area contributed by atoms with Gasteiger partial charge in [-0.1, -0.05) is 17.7 Å². The van der Waals surface area contributed by atoms with Crippen molar-refractivity contribution in [1.82, 2.24) is 10.0 Å². The summed E-state index contributed by atoms with van der Waals surface area (Å²) in [6, 6.07) is 4.77. The van der Waals surface area contributed by atoms with Crippen molar-refractivity contribution >= 4 is 27.5 Å². The zero-order chi connectivity index (χ0) is 14.8. The summed E-state index contributed by atoms with van der Waals surface area (Å²) < 4.78 is 26.5. The van der Waals surface area contributed by atoms with Gasteiger partial charge in [-0.3, -0.25) is 4.79 Å². The SMILES string of the molecule is Cc1ccc(S(=O)(=O)NCCNC(=O)C2CC2)c(Cl)c1. The summed E-state index contributed by atoms with van der Waals surface area (Å²) in [4.78, 5) is 11.4. The van der Waals surface area contributed by atoms with Crippen LogP contribution in [0.15, 0.2) is 23.1 Å². The Morgan fingerprint density at radius 3 is 2.65 bits per heavy atom. The number of amides is 1. The molecule has 5 nitrogen and oxygen atoms in total. The highest BCUT2D eigenvalue weighted by atomic mass is 35.5. The first kappa shape index (κ1) is 15.3. The van der Waals surface area contributed by atoms with Crippen LogP contribution in [0.4, 0.5) is 0 Å². The maximum Gasteiger partial charge on any atom is 0.242 e. The van der Waals surface area contributed by atoms with Crippen LogP contribution in [0, 0.1) is 12.8 Å². The highest BCUT2D eigenvalue weighted by Gasteiger charge is 2.29. The largest absolute Gasteiger partial charge is 0.355 e. The van der Waals surface area contributed by atoms with E-state index in [2.05, 4.69) is 10.0 Å². The molecule has 7 heteroatoms. The lowest BCUT2D eigenvalue weighted by atomic mass is 10.2. The molecule has 1 aliphatic rings. The van der Waals surface area contributed by atoms with Crippen LogP contribution in [-0.4, -0.2) is 27.4 Å². The van der Waals surface area contributed by atoms with Gasteiger partial charge in [0.1, 0.15) is 4.90 Å². The first-order chi connectivity index (χ1) is 9.40. The van der Waals surface area contributed by atoms with E-state index < -0.39 is 10.0 Å². The molecule has 0 saturated heterocycles. The number of hydrogen-bond donors (Lipinski definition) is 2. The first-order valence-electron chi connectivity index (χ1n) is 6.44. The third-order valence-electron chi connectivity index (χ3n) is 3.04. The molecule has 1 aliphatic carbocycles. The van der Waals surface area contributed by atoms with Crippen molar-refractivity contribution in [2.75, 3.05) is 13.1 Å². The Balaban J connectivity index is 1.88. The van der Waals surface area contributed by atoms with E-state index >= 15 is 0 Å². The van der Waals surface area contributed by atoms with Gasteiger partial charge in [0, 0.05) is 19.0 Å². The zero-order valence-corrected chi connectivity index (χ0v) is 12.7. The van der Waals surface area contributed by atoms with Gasteiger partial charge in [-0.15, -0.1) is 0 Å². The molecule has 0 radical (unpaired) electrons. The topological polar surface area (TPSA) is 75.3 Å². The third kappa shape index (κ3) is 3.94. The number of aryl methyl sites for hydroxylation is 1. The van der Waals surface area contributed by atoms with Crippen LogP contribution in [-0.2, 0) is 14.8 Å². The Morgan fingerprint density at radius 2 is 2.05 bits per heavy atom. The van der Waals surface area contributed by atoms with Crippen LogP contribution in [0.1, 0.15) is 18.4 Å². The number of carbonyl (C=O) groups excluding carboxylic acids is 1. The van der Waals surface area contributed by atoms with Crippen molar-refractivity contribution in [1.29, 1.82) is 0 Å². The summed E-state index contributed by atoms with van der Waals surface area (Å²) in [5.41, 5.74) is 0.894. The van der Waals surface area contributed by atoms with Crippen molar-refractivity contribution in [3.8, 4) is 0 Å². The summed E-state index contributed by atoms with van der Waals surface area (Å²) in [7, 11) is -3.64. The lowest BCUT2D eigenvalue weighted by molar-refractivity contribution is -0.122. The van der Waals surface area contributed by atoms with Crippen molar-refractivity contribution in [3.63, 3.8) is 0 Å². The Kier molecular flexibility index (Phi) is 4.67. The molecule has 1 aromatic rings. The molecule has 0 aromatic heterocycles. The number of rotatable bonds is 6. The number of hydrogen-bond acceptors (Lipinski definition) is 3. The Morgan fingerprint density at radius 1 is 1.35 bits per heavy atom. The third-order valence-corrected chi connectivity index (χ3v) is 4.99. The molecule has 2 rings (SSSR count). The van der Waals surface area contributed by atoms with E-state index in [4.69, 9.17) is 11.6 Å². The van der Waals surface area contributed by atoms with E-state index in [1.807, 2.05) is 6.92 Å². The molecule has 0 spiro atoms. The molecule has 1 aromatic carbocycles. The number of benzene rings is 1. The second kappa shape index (κ2) is 6.11. The summed E-state index contributed by atoms with van der Waals surface area (Å²) in [6.45, 7) is 2.26. The minimum Gasteiger partial charge on any atom is -0.355 e. The maximum atomic E-state index is 12.0. The smallest absolute Gasteiger partial charge is 0.242 e. The van der Waals surface area contributed by atoms with Crippen molar-refractivity contribution < 1.29 is 13.2 Å². The average molecular weight is 317 g/mol. The number of halogens is 1. The fourth-order valence-corrected chi connectivity index (χ4v) is 3.39. The van der Waals surface area contributed by atoms with Crippen LogP contribution >= 0.6 is 11.6 Å². The molecule has 0 heterocycles. The lowest BCUT2D eigenvalue weighted by Gasteiger charge is -2.09. The molecule has 2 N–H and O–H groups in total. The average Bonchev–Trinajstić information content (AvgIpc) is 3.18. The summed E-state index contributed by atoms with van der Waals surface area (Å²) >= 11 is 5.94. The Labute approximate surface area is 123 Å². The van der Waals surface area contributed by atoms with Crippen molar-refractivity contribution in [2.45, 2.75) is 24.7 Å². The summed E-state index contributed by atoms with van der Waals surface area (Å²) in [5.74, 6) is 0.121. The van der Waals surface area contributed by atoms with E-state index in [-0.39, 0.29) is 34.8 Å². The standard InChI is InChI=1S/C13H17ClN2O3S/c1-9-2-5-12(11(14)8-9)20(18,19)16-7-6-15-13(17)10-3-4-10/h2,5,8,10,16H,3-4,6-7H2,1H3,(H,15,17). The van der Waals surface area contributed by atoms with Gasteiger partial charge in [0.05, 0.1) is 5.02 Å². The minimum atomic E-state index is -3.64. The van der Waals surface area contributed by atoms with Gasteiger partial charge in [-0.05, 0) is 37.5 Å². The highest BCUT2D eigenvalue weighted by Crippen LogP contribution is 2.28. The van der Waals surface area contributed by atoms with Gasteiger partial charge in [-0.25, -0.2) is 13.1 Å². The maximum absolute atomic E-state index is 12.0. The summed E-state index contributed by atoms with van der Waals surface area (Å²) in [5, 5.41) is 2.89. The van der Waals surface area contributed by atoms with Crippen molar-refractivity contribution in [2.24, 2.45) is 5.92 Å². The molecule has 110 valence electrons. The molecule has 20 heavy (non-hydrogen) atoms. The van der Waals surface area contributed by atoms with Crippen LogP contribution in [0.2, 0.25) is 5.02 Å². The van der Waals surface area contributed by atoms with Gasteiger partial charge < -0.3 is 5.32 Å². The second-order valence-electron chi connectivity index (χ2n) is 4.90. The molecule has 0 bridgehead atoms. The monoisotopic (exact) mass is 316 g/mol. The van der Waals surface area contributed by atoms with E-state index in [1.54, 1.807) is 12.1 Å². The quantitative estimate of drug-likeness (QED) is 0.780. The molecule has 1 saturated carbocycles. The molecular weight excluding hydrogens is 300 g/mol. The second-order valence-corrected chi connectivity index (χ2v) is 7.04. The van der Waals surface area contributed by atoms with E-state index in [0.29, 0.717) is 0 Å². The van der Waals surface area contributed by atoms with Crippen LogP contribution in [0.3, 0.4) is 0 Å². The number of sulfonamides is 1. The zero-order valence-electron chi connectivity index (χ0n) is 11.1. The highest BCUT2D eigenvalue weighted by molar-refractivity contribution is 7.89. The first-order valence-corrected chi connectivity index (χ1v) is 8.30. The van der Waals surface area contributed by atoms with Crippen LogP contribution < -0.4 is 10.0 Å². The van der Waals surface area contributed by atoms with E-state index in [0.717, 1.165) is 18.4 Å². The predicted octanol–water partition coefficient (Wildman–Crippen LogP) is 1.45. The molecule has 0 atom stereocenters. The van der Waals surface area contributed by atoms with E-state index in [1.165, 1.54) is 6.07 Å². The summed E-state index contributed by atoms with van der Waals surface area (Å²) in [6.07, 6.45) is 1.85. The van der Waals surface area contributed by atoms with Gasteiger partial charge in [0.25, 0.3) is 0 Å². The van der Waals surface area contributed by atoms with Gasteiger partial charge in [0.2, 0.25) is 15.9 Å². The number of carbonyl (C=O) groups is 1. The minimum absolute atomic E-state index is 0.00225. The fraction of sp³-hybridized carbons (Fsp3) is 0.462. The van der Waals surface area contributed by atoms with Gasteiger partial charge in [-0.2, -0.15) is 0 Å². The van der Waals surface area contributed by atoms with Gasteiger partial charge >= 0.3 is 0 Å². The fourth-order valence-electron chi connectivity index (χ4n) is 1.76. The predicted molar refractivity (Wildman–Crippen MR) is 77.1 cm³/mol.